The summed E-state index contributed by atoms with van der Waals surface area (Å²) in [6.07, 6.45) is 1.08. The molecular weight excluding hydrogens is 362 g/mol. The fraction of sp³-hybridized carbons (Fsp3) is 0.458. The van der Waals surface area contributed by atoms with Crippen LogP contribution >= 0.6 is 0 Å². The van der Waals surface area contributed by atoms with E-state index >= 15 is 0 Å². The van der Waals surface area contributed by atoms with Crippen LogP contribution in [0.2, 0.25) is 0 Å². The molecule has 1 heterocycles. The average molecular weight is 396 g/mol. The van der Waals surface area contributed by atoms with Crippen molar-refractivity contribution in [2.75, 3.05) is 45.9 Å². The van der Waals surface area contributed by atoms with E-state index in [9.17, 15) is 4.79 Å². The van der Waals surface area contributed by atoms with Crippen LogP contribution in [0.1, 0.15) is 18.1 Å². The third-order valence-electron chi connectivity index (χ3n) is 5.55. The zero-order valence-corrected chi connectivity index (χ0v) is 17.6. The molecule has 2 aromatic rings. The highest BCUT2D eigenvalue weighted by atomic mass is 16.5. The van der Waals surface area contributed by atoms with Gasteiger partial charge in [0, 0.05) is 32.7 Å². The molecule has 0 bridgehead atoms. The van der Waals surface area contributed by atoms with Crippen LogP contribution in [-0.4, -0.2) is 67.6 Å². The lowest BCUT2D eigenvalue weighted by molar-refractivity contribution is -0.126. The molecule has 1 fully saturated rings. The fourth-order valence-corrected chi connectivity index (χ4v) is 3.67. The minimum atomic E-state index is -0.106. The van der Waals surface area contributed by atoms with Crippen LogP contribution in [-0.2, 0) is 11.2 Å². The van der Waals surface area contributed by atoms with Crippen molar-refractivity contribution in [3.63, 3.8) is 0 Å². The summed E-state index contributed by atoms with van der Waals surface area (Å²) < 4.78 is 5.70. The van der Waals surface area contributed by atoms with E-state index in [-0.39, 0.29) is 11.9 Å². The van der Waals surface area contributed by atoms with Crippen LogP contribution in [0.3, 0.4) is 0 Å². The van der Waals surface area contributed by atoms with E-state index in [4.69, 9.17) is 4.74 Å². The maximum atomic E-state index is 12.5. The standard InChI is InChI=1S/C24H33N3O2/c1-20-7-6-10-23(19-20)29-18-12-25-24(28)21(2)27-16-14-26(15-17-27)13-11-22-8-4-3-5-9-22/h3-10,19,21H,11-18H2,1-2H3,(H,25,28). The summed E-state index contributed by atoms with van der Waals surface area (Å²) in [4.78, 5) is 17.2. The maximum Gasteiger partial charge on any atom is 0.237 e. The molecule has 1 N–H and O–H groups in total. The van der Waals surface area contributed by atoms with Gasteiger partial charge in [-0.2, -0.15) is 0 Å². The molecule has 0 spiro atoms. The molecule has 1 amide bonds. The van der Waals surface area contributed by atoms with Crippen molar-refractivity contribution >= 4 is 5.91 Å². The first-order valence-corrected chi connectivity index (χ1v) is 10.6. The molecule has 3 rings (SSSR count). The van der Waals surface area contributed by atoms with Crippen molar-refractivity contribution in [3.05, 3.63) is 65.7 Å². The van der Waals surface area contributed by atoms with Gasteiger partial charge in [-0.05, 0) is 43.5 Å². The van der Waals surface area contributed by atoms with Crippen molar-refractivity contribution in [3.8, 4) is 5.75 Å². The van der Waals surface area contributed by atoms with Crippen molar-refractivity contribution in [1.82, 2.24) is 15.1 Å². The predicted octanol–water partition coefficient (Wildman–Crippen LogP) is 2.74. The van der Waals surface area contributed by atoms with E-state index in [0.717, 1.165) is 44.9 Å². The Morgan fingerprint density at radius 2 is 1.83 bits per heavy atom. The highest BCUT2D eigenvalue weighted by molar-refractivity contribution is 5.81. The van der Waals surface area contributed by atoms with Gasteiger partial charge < -0.3 is 15.0 Å². The lowest BCUT2D eigenvalue weighted by Crippen LogP contribution is -2.54. The third-order valence-corrected chi connectivity index (χ3v) is 5.55. The largest absolute Gasteiger partial charge is 0.492 e. The van der Waals surface area contributed by atoms with E-state index in [1.54, 1.807) is 0 Å². The van der Waals surface area contributed by atoms with Gasteiger partial charge in [-0.15, -0.1) is 0 Å². The lowest BCUT2D eigenvalue weighted by atomic mass is 10.1. The average Bonchev–Trinajstić information content (AvgIpc) is 2.76. The fourth-order valence-electron chi connectivity index (χ4n) is 3.67. The monoisotopic (exact) mass is 395 g/mol. The van der Waals surface area contributed by atoms with Crippen molar-refractivity contribution in [2.24, 2.45) is 0 Å². The normalized spacial score (nSPS) is 16.3. The van der Waals surface area contributed by atoms with Crippen LogP contribution < -0.4 is 10.1 Å². The Morgan fingerprint density at radius 3 is 2.55 bits per heavy atom. The summed E-state index contributed by atoms with van der Waals surface area (Å²) in [5.41, 5.74) is 2.55. The number of ether oxygens (including phenoxy) is 1. The molecule has 0 radical (unpaired) electrons. The van der Waals surface area contributed by atoms with Gasteiger partial charge in [-0.3, -0.25) is 9.69 Å². The number of carbonyl (C=O) groups excluding carboxylic acids is 1. The Morgan fingerprint density at radius 1 is 1.07 bits per heavy atom. The zero-order chi connectivity index (χ0) is 20.5. The molecule has 1 atom stereocenters. The van der Waals surface area contributed by atoms with Gasteiger partial charge in [0.15, 0.2) is 0 Å². The number of carbonyl (C=O) groups is 1. The van der Waals surface area contributed by atoms with Crippen molar-refractivity contribution in [1.29, 1.82) is 0 Å². The molecule has 1 aliphatic heterocycles. The van der Waals surface area contributed by atoms with Gasteiger partial charge in [0.2, 0.25) is 5.91 Å². The number of nitrogens with zero attached hydrogens (tertiary/aromatic N) is 2. The van der Waals surface area contributed by atoms with Gasteiger partial charge >= 0.3 is 0 Å². The SMILES string of the molecule is Cc1cccc(OCCNC(=O)C(C)N2CCN(CCc3ccccc3)CC2)c1. The summed E-state index contributed by atoms with van der Waals surface area (Å²) in [5, 5.41) is 3.00. The Bertz CT molecular complexity index is 758. The number of nitrogens with one attached hydrogen (secondary N) is 1. The Balaban J connectivity index is 1.32. The molecule has 5 nitrogen and oxygen atoms in total. The molecular formula is C24H33N3O2. The van der Waals surface area contributed by atoms with Gasteiger partial charge in [0.1, 0.15) is 12.4 Å². The van der Waals surface area contributed by atoms with Gasteiger partial charge in [-0.25, -0.2) is 0 Å². The highest BCUT2D eigenvalue weighted by Crippen LogP contribution is 2.12. The minimum Gasteiger partial charge on any atom is -0.492 e. The number of rotatable bonds is 9. The molecule has 0 saturated carbocycles. The molecule has 29 heavy (non-hydrogen) atoms. The number of piperazine rings is 1. The number of aryl methyl sites for hydroxylation is 1. The molecule has 1 aliphatic rings. The topological polar surface area (TPSA) is 44.8 Å². The van der Waals surface area contributed by atoms with E-state index in [1.807, 2.05) is 38.1 Å². The second-order valence-electron chi connectivity index (χ2n) is 7.75. The Labute approximate surface area is 174 Å². The van der Waals surface area contributed by atoms with E-state index in [0.29, 0.717) is 13.2 Å². The van der Waals surface area contributed by atoms with E-state index < -0.39 is 0 Å². The number of benzene rings is 2. The van der Waals surface area contributed by atoms with Gasteiger partial charge in [-0.1, -0.05) is 42.5 Å². The molecule has 0 aliphatic carbocycles. The van der Waals surface area contributed by atoms with Gasteiger partial charge in [0.25, 0.3) is 0 Å². The maximum absolute atomic E-state index is 12.5. The smallest absolute Gasteiger partial charge is 0.237 e. The van der Waals surface area contributed by atoms with Crippen LogP contribution in [0.4, 0.5) is 0 Å². The molecule has 0 aromatic heterocycles. The lowest BCUT2D eigenvalue weighted by Gasteiger charge is -2.37. The second-order valence-corrected chi connectivity index (χ2v) is 7.75. The zero-order valence-electron chi connectivity index (χ0n) is 17.6. The minimum absolute atomic E-state index is 0.0792. The third kappa shape index (κ3) is 6.87. The molecule has 1 saturated heterocycles. The molecule has 1 unspecified atom stereocenters. The van der Waals surface area contributed by atoms with Crippen LogP contribution in [0.5, 0.6) is 5.75 Å². The molecule has 5 heteroatoms. The summed E-state index contributed by atoms with van der Waals surface area (Å²) in [6.45, 7) is 10.0. The predicted molar refractivity (Wildman–Crippen MR) is 117 cm³/mol. The summed E-state index contributed by atoms with van der Waals surface area (Å²) in [7, 11) is 0. The van der Waals surface area contributed by atoms with Crippen LogP contribution in [0, 0.1) is 6.92 Å². The summed E-state index contributed by atoms with van der Waals surface area (Å²) in [5.74, 6) is 0.925. The first-order valence-electron chi connectivity index (χ1n) is 10.6. The quantitative estimate of drug-likeness (QED) is 0.663. The molecule has 2 aromatic carbocycles. The van der Waals surface area contributed by atoms with Crippen molar-refractivity contribution in [2.45, 2.75) is 26.3 Å². The first-order chi connectivity index (χ1) is 14.1. The molecule has 156 valence electrons. The summed E-state index contributed by atoms with van der Waals surface area (Å²) >= 11 is 0. The first kappa shape index (κ1) is 21.3. The van der Waals surface area contributed by atoms with Crippen LogP contribution in [0.25, 0.3) is 0 Å². The van der Waals surface area contributed by atoms with Gasteiger partial charge in [0.05, 0.1) is 12.6 Å². The van der Waals surface area contributed by atoms with Crippen molar-refractivity contribution < 1.29 is 9.53 Å². The second kappa shape index (κ2) is 11.0. The number of hydrogen-bond donors (Lipinski definition) is 1. The number of amides is 1. The Hall–Kier alpha value is -2.37. The van der Waals surface area contributed by atoms with Crippen LogP contribution in [0.15, 0.2) is 54.6 Å². The van der Waals surface area contributed by atoms with E-state index in [1.165, 1.54) is 11.1 Å². The Kier molecular flexibility index (Phi) is 8.08. The summed E-state index contributed by atoms with van der Waals surface area (Å²) in [6, 6.07) is 18.5. The number of hydrogen-bond acceptors (Lipinski definition) is 4. The highest BCUT2D eigenvalue weighted by Gasteiger charge is 2.25. The van der Waals surface area contributed by atoms with E-state index in [2.05, 4.69) is 45.4 Å².